The smallest absolute Gasteiger partial charge is 0.119 e. The summed E-state index contributed by atoms with van der Waals surface area (Å²) >= 11 is 0. The van der Waals surface area contributed by atoms with Gasteiger partial charge in [-0.2, -0.15) is 10.2 Å². The third-order valence-electron chi connectivity index (χ3n) is 4.56. The Morgan fingerprint density at radius 3 is 2.84 bits per heavy atom. The zero-order chi connectivity index (χ0) is 17.8. The van der Waals surface area contributed by atoms with Crippen molar-refractivity contribution in [1.82, 2.24) is 25.3 Å². The van der Waals surface area contributed by atoms with Gasteiger partial charge in [0.2, 0.25) is 0 Å². The van der Waals surface area contributed by atoms with Crippen molar-refractivity contribution in [2.24, 2.45) is 0 Å². The van der Waals surface area contributed by atoms with Crippen molar-refractivity contribution in [3.8, 4) is 17.0 Å². The summed E-state index contributed by atoms with van der Waals surface area (Å²) < 4.78 is 7.32. The number of rotatable bonds is 7. The Morgan fingerprint density at radius 1 is 1.28 bits per heavy atom. The molecule has 0 aliphatic heterocycles. The number of hydrogen-bond donors (Lipinski definition) is 2. The topological polar surface area (TPSA) is 67.8 Å². The van der Waals surface area contributed by atoms with Crippen LogP contribution in [0.3, 0.4) is 0 Å². The Bertz CT molecular complexity index is 823. The van der Waals surface area contributed by atoms with Crippen molar-refractivity contribution in [2.75, 3.05) is 7.11 Å². The standard InChI is InChI=1S/C19H25N5O/c1-13-9-22-24(12-13)15(3)14(2)20-10-17-11-21-23-19(17)16-6-5-7-18(8-16)25-4/h5-9,11-12,14-15,20H,10H2,1-4H3,(H,21,23)/t14-,15-/m0/s1. The minimum atomic E-state index is 0.265. The normalized spacial score (nSPS) is 13.6. The van der Waals surface area contributed by atoms with E-state index >= 15 is 0 Å². The van der Waals surface area contributed by atoms with Crippen molar-refractivity contribution in [1.29, 1.82) is 0 Å². The van der Waals surface area contributed by atoms with E-state index in [4.69, 9.17) is 4.74 Å². The number of benzene rings is 1. The van der Waals surface area contributed by atoms with Crippen molar-refractivity contribution in [3.63, 3.8) is 0 Å². The lowest BCUT2D eigenvalue weighted by atomic mass is 10.1. The molecule has 2 atom stereocenters. The Balaban J connectivity index is 1.69. The van der Waals surface area contributed by atoms with E-state index in [1.54, 1.807) is 7.11 Å². The van der Waals surface area contributed by atoms with Crippen LogP contribution in [0.15, 0.2) is 42.9 Å². The van der Waals surface area contributed by atoms with E-state index in [1.807, 2.05) is 35.3 Å². The molecule has 6 nitrogen and oxygen atoms in total. The molecule has 0 saturated carbocycles. The van der Waals surface area contributed by atoms with Gasteiger partial charge in [-0.1, -0.05) is 12.1 Å². The van der Waals surface area contributed by atoms with Gasteiger partial charge in [-0.3, -0.25) is 9.78 Å². The molecule has 0 saturated heterocycles. The number of nitrogens with zero attached hydrogens (tertiary/aromatic N) is 3. The summed E-state index contributed by atoms with van der Waals surface area (Å²) in [6, 6.07) is 8.52. The fourth-order valence-corrected chi connectivity index (χ4v) is 2.80. The highest BCUT2D eigenvalue weighted by Crippen LogP contribution is 2.25. The Morgan fingerprint density at radius 2 is 2.12 bits per heavy atom. The first-order chi connectivity index (χ1) is 12.1. The molecule has 2 N–H and O–H groups in total. The molecule has 2 heterocycles. The van der Waals surface area contributed by atoms with Gasteiger partial charge in [0.15, 0.2) is 0 Å². The Labute approximate surface area is 148 Å². The van der Waals surface area contributed by atoms with Crippen LogP contribution in [0, 0.1) is 6.92 Å². The third kappa shape index (κ3) is 3.91. The molecule has 25 heavy (non-hydrogen) atoms. The molecule has 0 radical (unpaired) electrons. The molecule has 0 aliphatic carbocycles. The van der Waals surface area contributed by atoms with Crippen LogP contribution < -0.4 is 10.1 Å². The summed E-state index contributed by atoms with van der Waals surface area (Å²) in [5, 5.41) is 15.3. The molecule has 3 aromatic rings. The van der Waals surface area contributed by atoms with Gasteiger partial charge in [-0.05, 0) is 38.5 Å². The summed E-state index contributed by atoms with van der Waals surface area (Å²) in [4.78, 5) is 0. The average molecular weight is 339 g/mol. The van der Waals surface area contributed by atoms with Crippen molar-refractivity contribution >= 4 is 0 Å². The van der Waals surface area contributed by atoms with E-state index in [9.17, 15) is 0 Å². The minimum absolute atomic E-state index is 0.265. The van der Waals surface area contributed by atoms with Crippen LogP contribution in [0.25, 0.3) is 11.3 Å². The maximum atomic E-state index is 5.31. The van der Waals surface area contributed by atoms with Gasteiger partial charge in [0.05, 0.1) is 31.2 Å². The van der Waals surface area contributed by atoms with Crippen LogP contribution in [0.5, 0.6) is 5.75 Å². The van der Waals surface area contributed by atoms with Crippen LogP contribution in [-0.2, 0) is 6.54 Å². The van der Waals surface area contributed by atoms with Crippen LogP contribution in [0.4, 0.5) is 0 Å². The SMILES string of the molecule is COc1cccc(-c2[nH]ncc2CN[C@@H](C)[C@H](C)n2cc(C)cn2)c1. The van der Waals surface area contributed by atoms with E-state index < -0.39 is 0 Å². The minimum Gasteiger partial charge on any atom is -0.497 e. The first kappa shape index (κ1) is 17.2. The van der Waals surface area contributed by atoms with Crippen LogP contribution in [0.1, 0.15) is 31.0 Å². The van der Waals surface area contributed by atoms with Gasteiger partial charge < -0.3 is 10.1 Å². The second kappa shape index (κ2) is 7.53. The largest absolute Gasteiger partial charge is 0.497 e. The summed E-state index contributed by atoms with van der Waals surface area (Å²) in [6.07, 6.45) is 5.83. The molecule has 0 fully saturated rings. The molecule has 132 valence electrons. The molecular formula is C19H25N5O. The van der Waals surface area contributed by atoms with E-state index in [2.05, 4.69) is 53.6 Å². The monoisotopic (exact) mass is 339 g/mol. The molecule has 0 amide bonds. The highest BCUT2D eigenvalue weighted by atomic mass is 16.5. The summed E-state index contributed by atoms with van der Waals surface area (Å²) in [5.41, 5.74) is 4.39. The number of ether oxygens (including phenoxy) is 1. The number of hydrogen-bond acceptors (Lipinski definition) is 4. The predicted octanol–water partition coefficient (Wildman–Crippen LogP) is 3.33. The maximum Gasteiger partial charge on any atom is 0.119 e. The fraction of sp³-hybridized carbons (Fsp3) is 0.368. The summed E-state index contributed by atoms with van der Waals surface area (Å²) in [6.45, 7) is 7.13. The third-order valence-corrected chi connectivity index (χ3v) is 4.56. The number of methoxy groups -OCH3 is 1. The average Bonchev–Trinajstić information content (AvgIpc) is 3.28. The zero-order valence-electron chi connectivity index (χ0n) is 15.2. The van der Waals surface area contributed by atoms with E-state index in [0.29, 0.717) is 0 Å². The summed E-state index contributed by atoms with van der Waals surface area (Å²) in [5.74, 6) is 0.835. The molecule has 6 heteroatoms. The lowest BCUT2D eigenvalue weighted by Gasteiger charge is -2.22. The van der Waals surface area contributed by atoms with E-state index in [-0.39, 0.29) is 12.1 Å². The Kier molecular flexibility index (Phi) is 5.19. The molecule has 0 bridgehead atoms. The van der Waals surface area contributed by atoms with E-state index in [1.165, 1.54) is 5.56 Å². The number of nitrogens with one attached hydrogen (secondary N) is 2. The van der Waals surface area contributed by atoms with Gasteiger partial charge in [0, 0.05) is 29.9 Å². The molecule has 0 aliphatic rings. The first-order valence-corrected chi connectivity index (χ1v) is 8.49. The van der Waals surface area contributed by atoms with Crippen LogP contribution in [-0.4, -0.2) is 33.1 Å². The number of aryl methyl sites for hydroxylation is 1. The van der Waals surface area contributed by atoms with Crippen molar-refractivity contribution in [2.45, 2.75) is 39.4 Å². The highest BCUT2D eigenvalue weighted by Gasteiger charge is 2.16. The molecular weight excluding hydrogens is 314 g/mol. The van der Waals surface area contributed by atoms with Gasteiger partial charge in [-0.15, -0.1) is 0 Å². The Hall–Kier alpha value is -2.60. The molecule has 0 unspecified atom stereocenters. The fourth-order valence-electron chi connectivity index (χ4n) is 2.80. The van der Waals surface area contributed by atoms with Crippen molar-refractivity contribution < 1.29 is 4.74 Å². The summed E-state index contributed by atoms with van der Waals surface area (Å²) in [7, 11) is 1.68. The van der Waals surface area contributed by atoms with E-state index in [0.717, 1.165) is 29.1 Å². The van der Waals surface area contributed by atoms with Crippen molar-refractivity contribution in [3.05, 3.63) is 54.0 Å². The highest BCUT2D eigenvalue weighted by molar-refractivity contribution is 5.64. The maximum absolute atomic E-state index is 5.31. The molecule has 3 rings (SSSR count). The lowest BCUT2D eigenvalue weighted by molar-refractivity contribution is 0.365. The quantitative estimate of drug-likeness (QED) is 0.693. The number of H-pyrrole nitrogens is 1. The van der Waals surface area contributed by atoms with Gasteiger partial charge in [-0.25, -0.2) is 0 Å². The first-order valence-electron chi connectivity index (χ1n) is 8.49. The zero-order valence-corrected chi connectivity index (χ0v) is 15.2. The molecule has 1 aromatic carbocycles. The van der Waals surface area contributed by atoms with Gasteiger partial charge in [0.25, 0.3) is 0 Å². The number of aromatic amines is 1. The molecule has 0 spiro atoms. The molecule has 2 aromatic heterocycles. The van der Waals surface area contributed by atoms with Gasteiger partial charge in [0.1, 0.15) is 5.75 Å². The van der Waals surface area contributed by atoms with Crippen LogP contribution in [0.2, 0.25) is 0 Å². The number of aromatic nitrogens is 4. The van der Waals surface area contributed by atoms with Crippen LogP contribution >= 0.6 is 0 Å². The predicted molar refractivity (Wildman–Crippen MR) is 98.6 cm³/mol. The second-order valence-corrected chi connectivity index (χ2v) is 6.41. The lowest BCUT2D eigenvalue weighted by Crippen LogP contribution is -2.33. The second-order valence-electron chi connectivity index (χ2n) is 6.41. The van der Waals surface area contributed by atoms with Gasteiger partial charge >= 0.3 is 0 Å².